The largest absolute Gasteiger partial charge is 0.446 e. The number of sulfonamides is 1. The molecule has 0 saturated carbocycles. The Hall–Kier alpha value is -2.10. The molecule has 4 nitrogen and oxygen atoms in total. The number of rotatable bonds is 5. The fraction of sp³-hybridized carbons (Fsp3) is 0.118. The zero-order chi connectivity index (χ0) is 18.8. The minimum Gasteiger partial charge on any atom is -0.256 e. The van der Waals surface area contributed by atoms with Gasteiger partial charge in [0.05, 0.1) is 10.4 Å². The molecular weight excluding hydrogens is 385 g/mol. The molecule has 0 fully saturated rings. The first-order chi connectivity index (χ1) is 12.2. The number of para-hydroxylation sites is 1. The van der Waals surface area contributed by atoms with Crippen molar-refractivity contribution in [3.63, 3.8) is 0 Å². The summed E-state index contributed by atoms with van der Waals surface area (Å²) in [6, 6.07) is 13.7. The standard InChI is InChI=1S/C17H13F3N2O2S2/c18-17(19,20)25-14-6-8-15(9-7-14)26(23,24)22-11-13-4-1-3-12-5-2-10-21-16(12)13/h1-10,22H,11H2. The maximum atomic E-state index is 12.4. The van der Waals surface area contributed by atoms with Gasteiger partial charge < -0.3 is 0 Å². The zero-order valence-corrected chi connectivity index (χ0v) is 14.8. The lowest BCUT2D eigenvalue weighted by Crippen LogP contribution is -2.23. The van der Waals surface area contributed by atoms with Crippen LogP contribution in [-0.2, 0) is 16.6 Å². The van der Waals surface area contributed by atoms with Gasteiger partial charge in [-0.2, -0.15) is 13.2 Å². The molecule has 0 amide bonds. The summed E-state index contributed by atoms with van der Waals surface area (Å²) in [6.45, 7) is 0.0236. The number of fused-ring (bicyclic) bond motifs is 1. The van der Waals surface area contributed by atoms with Crippen molar-refractivity contribution in [3.8, 4) is 0 Å². The Kier molecular flexibility index (Phi) is 5.22. The Balaban J connectivity index is 1.76. The summed E-state index contributed by atoms with van der Waals surface area (Å²) in [6.07, 6.45) is 1.62. The first kappa shape index (κ1) is 18.7. The van der Waals surface area contributed by atoms with Gasteiger partial charge >= 0.3 is 5.51 Å². The third-order valence-corrected chi connectivity index (χ3v) is 5.69. The second-order valence-electron chi connectivity index (χ2n) is 5.34. The summed E-state index contributed by atoms with van der Waals surface area (Å²) in [7, 11) is -3.86. The molecular formula is C17H13F3N2O2S2. The van der Waals surface area contributed by atoms with Gasteiger partial charge in [-0.25, -0.2) is 13.1 Å². The van der Waals surface area contributed by atoms with E-state index >= 15 is 0 Å². The molecule has 0 atom stereocenters. The first-order valence-corrected chi connectivity index (χ1v) is 9.73. The summed E-state index contributed by atoms with van der Waals surface area (Å²) >= 11 is -0.292. The molecule has 1 N–H and O–H groups in total. The summed E-state index contributed by atoms with van der Waals surface area (Å²) in [4.78, 5) is 4.08. The molecule has 0 aliphatic heterocycles. The lowest BCUT2D eigenvalue weighted by atomic mass is 10.1. The summed E-state index contributed by atoms with van der Waals surface area (Å²) in [5, 5.41) is 0.887. The molecule has 0 bridgehead atoms. The van der Waals surface area contributed by atoms with E-state index in [-0.39, 0.29) is 28.1 Å². The Bertz CT molecular complexity index is 1010. The Morgan fingerprint density at radius 1 is 1.00 bits per heavy atom. The third-order valence-electron chi connectivity index (χ3n) is 3.54. The van der Waals surface area contributed by atoms with Crippen molar-refractivity contribution >= 4 is 32.7 Å². The van der Waals surface area contributed by atoms with Gasteiger partial charge in [0, 0.05) is 23.0 Å². The topological polar surface area (TPSA) is 59.1 Å². The number of alkyl halides is 3. The number of nitrogens with zero attached hydrogens (tertiary/aromatic N) is 1. The van der Waals surface area contributed by atoms with Gasteiger partial charge in [0.25, 0.3) is 0 Å². The van der Waals surface area contributed by atoms with Crippen LogP contribution in [0.5, 0.6) is 0 Å². The Morgan fingerprint density at radius 2 is 1.69 bits per heavy atom. The van der Waals surface area contributed by atoms with Crippen LogP contribution >= 0.6 is 11.8 Å². The van der Waals surface area contributed by atoms with Crippen molar-refractivity contribution in [1.82, 2.24) is 9.71 Å². The predicted molar refractivity (Wildman–Crippen MR) is 94.1 cm³/mol. The van der Waals surface area contributed by atoms with Crippen LogP contribution in [0.1, 0.15) is 5.56 Å². The Morgan fingerprint density at radius 3 is 2.38 bits per heavy atom. The fourth-order valence-electron chi connectivity index (χ4n) is 2.39. The summed E-state index contributed by atoms with van der Waals surface area (Å²) in [5.41, 5.74) is -3.02. The van der Waals surface area contributed by atoms with Crippen molar-refractivity contribution in [2.24, 2.45) is 0 Å². The maximum Gasteiger partial charge on any atom is 0.446 e. The third kappa shape index (κ3) is 4.54. The number of hydrogen-bond donors (Lipinski definition) is 1. The van der Waals surface area contributed by atoms with Crippen LogP contribution in [-0.4, -0.2) is 18.9 Å². The molecule has 0 aliphatic carbocycles. The molecule has 0 unspecified atom stereocenters. The molecule has 26 heavy (non-hydrogen) atoms. The smallest absolute Gasteiger partial charge is 0.256 e. The fourth-order valence-corrected chi connectivity index (χ4v) is 3.93. The van der Waals surface area contributed by atoms with Gasteiger partial charge in [0.1, 0.15) is 0 Å². The second kappa shape index (κ2) is 7.26. The summed E-state index contributed by atoms with van der Waals surface area (Å²) < 4.78 is 64.2. The van der Waals surface area contributed by atoms with Crippen LogP contribution in [0, 0.1) is 0 Å². The molecule has 3 rings (SSSR count). The summed E-state index contributed by atoms with van der Waals surface area (Å²) in [5.74, 6) is 0. The number of pyridine rings is 1. The lowest BCUT2D eigenvalue weighted by molar-refractivity contribution is -0.0328. The molecule has 3 aromatic rings. The van der Waals surface area contributed by atoms with Gasteiger partial charge in [0.2, 0.25) is 10.0 Å². The lowest BCUT2D eigenvalue weighted by Gasteiger charge is -2.10. The van der Waals surface area contributed by atoms with Crippen LogP contribution in [0.25, 0.3) is 10.9 Å². The van der Waals surface area contributed by atoms with Crippen molar-refractivity contribution in [1.29, 1.82) is 0 Å². The van der Waals surface area contributed by atoms with E-state index in [2.05, 4.69) is 9.71 Å². The van der Waals surface area contributed by atoms with Crippen LogP contribution in [0.3, 0.4) is 0 Å². The molecule has 0 spiro atoms. The average Bonchev–Trinajstić information content (AvgIpc) is 2.59. The number of halogens is 3. The number of hydrogen-bond acceptors (Lipinski definition) is 4. The molecule has 1 heterocycles. The molecule has 0 aliphatic rings. The van der Waals surface area contributed by atoms with E-state index in [4.69, 9.17) is 0 Å². The van der Waals surface area contributed by atoms with Crippen molar-refractivity contribution in [2.45, 2.75) is 21.8 Å². The van der Waals surface area contributed by atoms with E-state index in [9.17, 15) is 21.6 Å². The number of thioether (sulfide) groups is 1. The maximum absolute atomic E-state index is 12.4. The van der Waals surface area contributed by atoms with Crippen molar-refractivity contribution < 1.29 is 21.6 Å². The predicted octanol–water partition coefficient (Wildman–Crippen LogP) is 4.33. The highest BCUT2D eigenvalue weighted by molar-refractivity contribution is 8.00. The molecule has 0 radical (unpaired) electrons. The van der Waals surface area contributed by atoms with Gasteiger partial charge in [-0.3, -0.25) is 4.98 Å². The van der Waals surface area contributed by atoms with Crippen molar-refractivity contribution in [3.05, 3.63) is 66.4 Å². The highest BCUT2D eigenvalue weighted by atomic mass is 32.2. The number of benzene rings is 2. The van der Waals surface area contributed by atoms with E-state index in [1.807, 2.05) is 12.1 Å². The Labute approximate surface area is 152 Å². The van der Waals surface area contributed by atoms with Gasteiger partial charge in [-0.15, -0.1) is 0 Å². The van der Waals surface area contributed by atoms with E-state index in [0.29, 0.717) is 11.1 Å². The molecule has 2 aromatic carbocycles. The van der Waals surface area contributed by atoms with Gasteiger partial charge in [-0.05, 0) is 47.7 Å². The zero-order valence-electron chi connectivity index (χ0n) is 13.2. The number of nitrogens with one attached hydrogen (secondary N) is 1. The van der Waals surface area contributed by atoms with Crippen LogP contribution < -0.4 is 4.72 Å². The van der Waals surface area contributed by atoms with Crippen LogP contribution in [0.4, 0.5) is 13.2 Å². The quantitative estimate of drug-likeness (QED) is 0.650. The van der Waals surface area contributed by atoms with E-state index in [1.54, 1.807) is 24.4 Å². The number of aromatic nitrogens is 1. The monoisotopic (exact) mass is 398 g/mol. The minimum absolute atomic E-state index is 0.0236. The molecule has 0 saturated heterocycles. The first-order valence-electron chi connectivity index (χ1n) is 7.43. The van der Waals surface area contributed by atoms with E-state index in [1.165, 1.54) is 0 Å². The van der Waals surface area contributed by atoms with Gasteiger partial charge in [0.15, 0.2) is 0 Å². The second-order valence-corrected chi connectivity index (χ2v) is 8.24. The SMILES string of the molecule is O=S(=O)(NCc1cccc2cccnc12)c1ccc(SC(F)(F)F)cc1. The molecule has 1 aromatic heterocycles. The van der Waals surface area contributed by atoms with Crippen LogP contribution in [0.15, 0.2) is 70.6 Å². The van der Waals surface area contributed by atoms with Crippen LogP contribution in [0.2, 0.25) is 0 Å². The normalized spacial score (nSPS) is 12.4. The minimum atomic E-state index is -4.42. The molecule has 9 heteroatoms. The van der Waals surface area contributed by atoms with Gasteiger partial charge in [-0.1, -0.05) is 24.3 Å². The van der Waals surface area contributed by atoms with Crippen molar-refractivity contribution in [2.75, 3.05) is 0 Å². The highest BCUT2D eigenvalue weighted by Gasteiger charge is 2.29. The van der Waals surface area contributed by atoms with E-state index in [0.717, 1.165) is 29.7 Å². The highest BCUT2D eigenvalue weighted by Crippen LogP contribution is 2.36. The average molecular weight is 398 g/mol. The van der Waals surface area contributed by atoms with E-state index < -0.39 is 15.5 Å². The molecule has 136 valence electrons.